The van der Waals surface area contributed by atoms with Gasteiger partial charge in [-0.1, -0.05) is 6.42 Å². The summed E-state index contributed by atoms with van der Waals surface area (Å²) in [4.78, 5) is 2.32. The maximum atomic E-state index is 12.1. The summed E-state index contributed by atoms with van der Waals surface area (Å²) in [6, 6.07) is 0.0539. The van der Waals surface area contributed by atoms with Gasteiger partial charge in [-0.15, -0.1) is 0 Å². The highest BCUT2D eigenvalue weighted by Crippen LogP contribution is 2.21. The highest BCUT2D eigenvalue weighted by molar-refractivity contribution is 4.76. The summed E-state index contributed by atoms with van der Waals surface area (Å²) in [6.45, 7) is 3.38. The first-order valence-corrected chi connectivity index (χ1v) is 6.39. The van der Waals surface area contributed by atoms with E-state index >= 15 is 0 Å². The average Bonchev–Trinajstić information content (AvgIpc) is 2.18. The third kappa shape index (κ3) is 6.27. The van der Waals surface area contributed by atoms with Gasteiger partial charge in [0, 0.05) is 12.1 Å². The molecule has 2 unspecified atom stereocenters. The van der Waals surface area contributed by atoms with Crippen LogP contribution < -0.4 is 5.32 Å². The third-order valence-electron chi connectivity index (χ3n) is 3.43. The van der Waals surface area contributed by atoms with Crippen molar-refractivity contribution in [3.8, 4) is 0 Å². The monoisotopic (exact) mass is 252 g/mol. The van der Waals surface area contributed by atoms with Crippen LogP contribution >= 0.6 is 0 Å². The van der Waals surface area contributed by atoms with Crippen molar-refractivity contribution >= 4 is 0 Å². The lowest BCUT2D eigenvalue weighted by molar-refractivity contribution is -0.139. The molecule has 102 valence electrons. The standard InChI is InChI=1S/C12H23F3N2/c1-10(9-12(13,14)15)16-7-6-11-5-3-4-8-17(11)2/h10-11,16H,3-9H2,1-2H3. The van der Waals surface area contributed by atoms with Crippen LogP contribution in [0.3, 0.4) is 0 Å². The molecule has 0 aromatic rings. The number of hydrogen-bond acceptors (Lipinski definition) is 2. The van der Waals surface area contributed by atoms with Gasteiger partial charge >= 0.3 is 6.18 Å². The van der Waals surface area contributed by atoms with Gasteiger partial charge in [-0.2, -0.15) is 13.2 Å². The molecule has 1 heterocycles. The second-order valence-corrected chi connectivity index (χ2v) is 5.09. The Morgan fingerprint density at radius 3 is 2.65 bits per heavy atom. The molecule has 0 aromatic carbocycles. The van der Waals surface area contributed by atoms with Gasteiger partial charge in [0.25, 0.3) is 0 Å². The van der Waals surface area contributed by atoms with E-state index in [1.807, 2.05) is 0 Å². The Morgan fingerprint density at radius 2 is 2.06 bits per heavy atom. The maximum absolute atomic E-state index is 12.1. The lowest BCUT2D eigenvalue weighted by Gasteiger charge is -2.32. The highest BCUT2D eigenvalue weighted by atomic mass is 19.4. The summed E-state index contributed by atoms with van der Waals surface area (Å²) in [6.07, 6.45) is -0.204. The van der Waals surface area contributed by atoms with E-state index in [0.29, 0.717) is 12.6 Å². The summed E-state index contributed by atoms with van der Waals surface area (Å²) in [7, 11) is 2.10. The Morgan fingerprint density at radius 1 is 1.35 bits per heavy atom. The van der Waals surface area contributed by atoms with E-state index in [0.717, 1.165) is 13.0 Å². The predicted octanol–water partition coefficient (Wildman–Crippen LogP) is 2.79. The van der Waals surface area contributed by atoms with Gasteiger partial charge in [0.15, 0.2) is 0 Å². The second kappa shape index (κ2) is 6.59. The van der Waals surface area contributed by atoms with Crippen LogP contribution in [0.4, 0.5) is 13.2 Å². The number of nitrogens with one attached hydrogen (secondary N) is 1. The van der Waals surface area contributed by atoms with Gasteiger partial charge in [-0.25, -0.2) is 0 Å². The van der Waals surface area contributed by atoms with Gasteiger partial charge in [0.05, 0.1) is 6.42 Å². The average molecular weight is 252 g/mol. The zero-order valence-corrected chi connectivity index (χ0v) is 10.7. The molecule has 1 N–H and O–H groups in total. The molecule has 5 heteroatoms. The summed E-state index contributed by atoms with van der Waals surface area (Å²) in [5.41, 5.74) is 0. The Hall–Kier alpha value is -0.290. The zero-order chi connectivity index (χ0) is 12.9. The zero-order valence-electron chi connectivity index (χ0n) is 10.7. The normalized spacial score (nSPS) is 24.9. The molecule has 1 fully saturated rings. The first-order chi connectivity index (χ1) is 7.88. The van der Waals surface area contributed by atoms with Crippen molar-refractivity contribution in [2.24, 2.45) is 0 Å². The van der Waals surface area contributed by atoms with Crippen molar-refractivity contribution in [2.45, 2.75) is 57.3 Å². The van der Waals surface area contributed by atoms with E-state index in [2.05, 4.69) is 17.3 Å². The van der Waals surface area contributed by atoms with Crippen molar-refractivity contribution in [3.63, 3.8) is 0 Å². The lowest BCUT2D eigenvalue weighted by Crippen LogP contribution is -2.40. The summed E-state index contributed by atoms with van der Waals surface area (Å²) >= 11 is 0. The van der Waals surface area contributed by atoms with Crippen LogP contribution in [0.25, 0.3) is 0 Å². The van der Waals surface area contributed by atoms with E-state index in [1.54, 1.807) is 6.92 Å². The number of rotatable bonds is 5. The fourth-order valence-corrected chi connectivity index (χ4v) is 2.42. The van der Waals surface area contributed by atoms with E-state index < -0.39 is 18.6 Å². The number of likely N-dealkylation sites (tertiary alicyclic amines) is 1. The van der Waals surface area contributed by atoms with Crippen LogP contribution in [0.1, 0.15) is 39.0 Å². The summed E-state index contributed by atoms with van der Waals surface area (Å²) in [5, 5.41) is 2.96. The smallest absolute Gasteiger partial charge is 0.314 e. The summed E-state index contributed by atoms with van der Waals surface area (Å²) in [5.74, 6) is 0. The van der Waals surface area contributed by atoms with Crippen LogP contribution in [0.5, 0.6) is 0 Å². The fraction of sp³-hybridized carbons (Fsp3) is 1.00. The molecular weight excluding hydrogens is 229 g/mol. The molecule has 0 aromatic heterocycles. The fourth-order valence-electron chi connectivity index (χ4n) is 2.42. The van der Waals surface area contributed by atoms with Crippen LogP contribution in [0.15, 0.2) is 0 Å². The first kappa shape index (κ1) is 14.8. The molecule has 1 saturated heterocycles. The third-order valence-corrected chi connectivity index (χ3v) is 3.43. The molecule has 0 radical (unpaired) electrons. The lowest BCUT2D eigenvalue weighted by atomic mass is 10.00. The van der Waals surface area contributed by atoms with E-state index in [-0.39, 0.29) is 0 Å². The van der Waals surface area contributed by atoms with Gasteiger partial charge in [-0.3, -0.25) is 0 Å². The Bertz CT molecular complexity index is 218. The molecular formula is C12H23F3N2. The van der Waals surface area contributed by atoms with Crippen LogP contribution in [0.2, 0.25) is 0 Å². The molecule has 0 saturated carbocycles. The first-order valence-electron chi connectivity index (χ1n) is 6.39. The quantitative estimate of drug-likeness (QED) is 0.809. The van der Waals surface area contributed by atoms with Gasteiger partial charge < -0.3 is 10.2 Å². The molecule has 0 spiro atoms. The van der Waals surface area contributed by atoms with Crippen molar-refractivity contribution in [2.75, 3.05) is 20.1 Å². The number of nitrogens with zero attached hydrogens (tertiary/aromatic N) is 1. The minimum atomic E-state index is -4.06. The molecule has 2 nitrogen and oxygen atoms in total. The largest absolute Gasteiger partial charge is 0.390 e. The van der Waals surface area contributed by atoms with Crippen LogP contribution in [-0.2, 0) is 0 Å². The van der Waals surface area contributed by atoms with Crippen molar-refractivity contribution in [1.82, 2.24) is 10.2 Å². The van der Waals surface area contributed by atoms with Crippen LogP contribution in [0, 0.1) is 0 Å². The molecule has 0 amide bonds. The molecule has 2 atom stereocenters. The highest BCUT2D eigenvalue weighted by Gasteiger charge is 2.29. The minimum Gasteiger partial charge on any atom is -0.314 e. The predicted molar refractivity (Wildman–Crippen MR) is 63.0 cm³/mol. The number of halogens is 3. The molecule has 1 aliphatic rings. The molecule has 1 rings (SSSR count). The number of alkyl halides is 3. The Balaban J connectivity index is 2.14. The number of piperidine rings is 1. The SMILES string of the molecule is CC(CC(F)(F)F)NCCC1CCCCN1C. The number of hydrogen-bond donors (Lipinski definition) is 1. The van der Waals surface area contributed by atoms with Crippen LogP contribution in [-0.4, -0.2) is 43.3 Å². The Kier molecular flexibility index (Phi) is 5.73. The molecule has 0 bridgehead atoms. The van der Waals surface area contributed by atoms with Gasteiger partial charge in [0.2, 0.25) is 0 Å². The minimum absolute atomic E-state index is 0.483. The van der Waals surface area contributed by atoms with E-state index in [4.69, 9.17) is 0 Å². The Labute approximate surface area is 102 Å². The van der Waals surface area contributed by atoms with E-state index in [1.165, 1.54) is 19.3 Å². The van der Waals surface area contributed by atoms with Gasteiger partial charge in [0.1, 0.15) is 0 Å². The van der Waals surface area contributed by atoms with Crippen molar-refractivity contribution in [3.05, 3.63) is 0 Å². The molecule has 17 heavy (non-hydrogen) atoms. The maximum Gasteiger partial charge on any atom is 0.390 e. The van der Waals surface area contributed by atoms with Crippen molar-refractivity contribution < 1.29 is 13.2 Å². The topological polar surface area (TPSA) is 15.3 Å². The molecule has 1 aliphatic heterocycles. The van der Waals surface area contributed by atoms with E-state index in [9.17, 15) is 13.2 Å². The second-order valence-electron chi connectivity index (χ2n) is 5.09. The molecule has 0 aliphatic carbocycles. The van der Waals surface area contributed by atoms with Crippen molar-refractivity contribution in [1.29, 1.82) is 0 Å². The van der Waals surface area contributed by atoms with Gasteiger partial charge in [-0.05, 0) is 46.3 Å². The summed E-state index contributed by atoms with van der Waals surface area (Å²) < 4.78 is 36.3.